The van der Waals surface area contributed by atoms with Crippen LogP contribution in [0.3, 0.4) is 0 Å². The summed E-state index contributed by atoms with van der Waals surface area (Å²) >= 11 is 0. The zero-order valence-corrected chi connectivity index (χ0v) is 44.2. The summed E-state index contributed by atoms with van der Waals surface area (Å²) < 4.78 is 11.2. The number of aromatic hydroxyl groups is 1. The standard InChI is InChI=1S/C64H57N4O2.Pt/c1-36(2)45-29-40(38-19-12-11-13-20-38)30-46(37(3)4)59(45)68-54-26-18-24-44(58(54)66-62(68)50-31-41(63(5,6)7)32-51(60(50)69)64(8,9)10)52-35-67-53-25-17-16-23-43(53)47-33-49-56(34-48(47)61(67)65-52)70-55-28-27-39-21-14-15-22-42(39)57(49)55;/h11-33,35-37,69H,1-10H3;/q-1;. The summed E-state index contributed by atoms with van der Waals surface area (Å²) in [7, 11) is 0. The Morgan fingerprint density at radius 2 is 1.28 bits per heavy atom. The van der Waals surface area contributed by atoms with E-state index in [0.29, 0.717) is 17.0 Å². The molecule has 1 N–H and O–H groups in total. The number of imidazole rings is 2. The maximum atomic E-state index is 12.7. The predicted molar refractivity (Wildman–Crippen MR) is 292 cm³/mol. The minimum Gasteiger partial charge on any atom is -0.507 e. The SMILES string of the molecule is CC(C)c1cc(-c2ccccc2)cc(C(C)C)c1-n1c(-c2cc(C(C)(C)C)cc(C(C)(C)C)c2O)nc2c(-c3cn4c5ccccc5c5cc6c([c-]c5c4n3)oc3ccc4ccccc4c36)cccc21.[Pt]. The Bertz CT molecular complexity index is 4070. The number of aromatic nitrogens is 4. The van der Waals surface area contributed by atoms with Crippen LogP contribution in [0.2, 0.25) is 0 Å². The van der Waals surface area contributed by atoms with Gasteiger partial charge in [-0.3, -0.25) is 9.55 Å². The Hall–Kier alpha value is -7.01. The van der Waals surface area contributed by atoms with Crippen LogP contribution in [0.1, 0.15) is 103 Å². The van der Waals surface area contributed by atoms with Crippen LogP contribution < -0.4 is 0 Å². The third kappa shape index (κ3) is 7.40. The van der Waals surface area contributed by atoms with E-state index in [1.54, 1.807) is 0 Å². The number of furan rings is 1. The van der Waals surface area contributed by atoms with E-state index in [1.165, 1.54) is 27.6 Å². The second-order valence-electron chi connectivity index (χ2n) is 21.9. The fourth-order valence-corrected chi connectivity index (χ4v) is 10.8. The Balaban J connectivity index is 0.00000547. The van der Waals surface area contributed by atoms with E-state index in [9.17, 15) is 5.11 Å². The molecule has 356 valence electrons. The van der Waals surface area contributed by atoms with Gasteiger partial charge in [0.15, 0.2) is 0 Å². The number of para-hydroxylation sites is 2. The van der Waals surface area contributed by atoms with Gasteiger partial charge >= 0.3 is 0 Å². The van der Waals surface area contributed by atoms with E-state index in [1.807, 2.05) is 0 Å². The summed E-state index contributed by atoms with van der Waals surface area (Å²) in [5, 5.41) is 20.2. The Morgan fingerprint density at radius 1 is 0.606 bits per heavy atom. The molecule has 12 rings (SSSR count). The predicted octanol–water partition coefficient (Wildman–Crippen LogP) is 17.4. The molecule has 0 spiro atoms. The van der Waals surface area contributed by atoms with Crippen molar-refractivity contribution in [1.82, 2.24) is 18.9 Å². The number of rotatable bonds is 6. The zero-order chi connectivity index (χ0) is 48.5. The zero-order valence-electron chi connectivity index (χ0n) is 42.0. The molecule has 4 heterocycles. The van der Waals surface area contributed by atoms with E-state index in [-0.39, 0.29) is 49.5 Å². The van der Waals surface area contributed by atoms with Gasteiger partial charge in [0, 0.05) is 43.9 Å². The smallest absolute Gasteiger partial charge is 0.149 e. The normalized spacial score (nSPS) is 12.6. The number of nitrogens with zero attached hydrogens (tertiary/aromatic N) is 4. The molecule has 71 heavy (non-hydrogen) atoms. The second kappa shape index (κ2) is 16.8. The van der Waals surface area contributed by atoms with Gasteiger partial charge < -0.3 is 13.9 Å². The number of hydrogen-bond donors (Lipinski definition) is 1. The molecule has 0 saturated carbocycles. The Labute approximate surface area is 429 Å². The van der Waals surface area contributed by atoms with Gasteiger partial charge in [-0.15, -0.1) is 6.07 Å². The average Bonchev–Trinajstić information content (AvgIpc) is 4.07. The number of phenols is 1. The molecular formula is C64H57N4O2Pt-. The molecule has 0 unspecified atom stereocenters. The molecule has 0 aliphatic carbocycles. The first kappa shape index (κ1) is 46.4. The van der Waals surface area contributed by atoms with Crippen LogP contribution in [0.5, 0.6) is 5.75 Å². The van der Waals surface area contributed by atoms with Crippen molar-refractivity contribution in [3.8, 4) is 45.2 Å². The van der Waals surface area contributed by atoms with E-state index < -0.39 is 0 Å². The van der Waals surface area contributed by atoms with Crippen molar-refractivity contribution >= 4 is 71.1 Å². The van der Waals surface area contributed by atoms with Crippen LogP contribution in [0.15, 0.2) is 150 Å². The van der Waals surface area contributed by atoms with Crippen LogP contribution in [0, 0.1) is 6.07 Å². The van der Waals surface area contributed by atoms with Gasteiger partial charge in [-0.1, -0.05) is 189 Å². The summed E-state index contributed by atoms with van der Waals surface area (Å²) in [6, 6.07) is 53.5. The molecule has 0 bridgehead atoms. The molecular weight excluding hydrogens is 1050 g/mol. The van der Waals surface area contributed by atoms with Crippen LogP contribution in [-0.4, -0.2) is 24.0 Å². The molecule has 4 aromatic heterocycles. The topological polar surface area (TPSA) is 68.5 Å². The molecule has 8 aromatic carbocycles. The molecule has 0 fully saturated rings. The summed E-state index contributed by atoms with van der Waals surface area (Å²) in [6.45, 7) is 22.3. The average molecular weight is 1110 g/mol. The van der Waals surface area contributed by atoms with E-state index in [0.717, 1.165) is 88.2 Å². The van der Waals surface area contributed by atoms with Crippen LogP contribution in [0.4, 0.5) is 0 Å². The van der Waals surface area contributed by atoms with Crippen molar-refractivity contribution in [3.63, 3.8) is 0 Å². The van der Waals surface area contributed by atoms with Gasteiger partial charge in [0.1, 0.15) is 17.2 Å². The molecule has 0 aliphatic rings. The van der Waals surface area contributed by atoms with Crippen LogP contribution in [0.25, 0.3) is 111 Å². The summed E-state index contributed by atoms with van der Waals surface area (Å²) in [5.41, 5.74) is 14.9. The number of hydrogen-bond acceptors (Lipinski definition) is 4. The molecule has 6 nitrogen and oxygen atoms in total. The number of pyridine rings is 1. The number of phenolic OH excluding ortho intramolecular Hbond substituents is 1. The van der Waals surface area contributed by atoms with E-state index >= 15 is 0 Å². The fraction of sp³-hybridized carbons (Fsp3) is 0.219. The first-order valence-electron chi connectivity index (χ1n) is 24.7. The van der Waals surface area contributed by atoms with Gasteiger partial charge in [0.05, 0.1) is 39.2 Å². The summed E-state index contributed by atoms with van der Waals surface area (Å²) in [5.74, 6) is 1.28. The summed E-state index contributed by atoms with van der Waals surface area (Å²) in [6.07, 6.45) is 2.15. The molecule has 0 amide bonds. The van der Waals surface area contributed by atoms with Gasteiger partial charge in [-0.25, -0.2) is 4.98 Å². The largest absolute Gasteiger partial charge is 0.507 e. The van der Waals surface area contributed by atoms with Crippen molar-refractivity contribution in [1.29, 1.82) is 0 Å². The number of fused-ring (bicyclic) bond motifs is 12. The maximum absolute atomic E-state index is 12.7. The minimum atomic E-state index is -0.341. The Morgan fingerprint density at radius 3 is 1.99 bits per heavy atom. The Kier molecular flexibility index (Phi) is 11.0. The van der Waals surface area contributed by atoms with Crippen molar-refractivity contribution in [2.45, 2.75) is 91.9 Å². The van der Waals surface area contributed by atoms with E-state index in [2.05, 4.69) is 230 Å². The first-order chi connectivity index (χ1) is 33.5. The summed E-state index contributed by atoms with van der Waals surface area (Å²) in [4.78, 5) is 11.3. The fourth-order valence-electron chi connectivity index (χ4n) is 10.8. The molecule has 0 saturated heterocycles. The third-order valence-electron chi connectivity index (χ3n) is 14.5. The molecule has 12 aromatic rings. The van der Waals surface area contributed by atoms with Gasteiger partial charge in [-0.2, -0.15) is 0 Å². The van der Waals surface area contributed by atoms with E-state index in [4.69, 9.17) is 14.4 Å². The third-order valence-corrected chi connectivity index (χ3v) is 14.5. The van der Waals surface area contributed by atoms with Crippen molar-refractivity contribution in [3.05, 3.63) is 174 Å². The van der Waals surface area contributed by atoms with Gasteiger partial charge in [0.25, 0.3) is 0 Å². The monoisotopic (exact) mass is 1110 g/mol. The first-order valence-corrected chi connectivity index (χ1v) is 24.7. The van der Waals surface area contributed by atoms with Gasteiger partial charge in [-0.05, 0) is 108 Å². The van der Waals surface area contributed by atoms with Crippen LogP contribution >= 0.6 is 0 Å². The van der Waals surface area contributed by atoms with Crippen molar-refractivity contribution in [2.24, 2.45) is 0 Å². The van der Waals surface area contributed by atoms with Crippen LogP contribution in [-0.2, 0) is 31.9 Å². The molecule has 0 radical (unpaired) electrons. The maximum Gasteiger partial charge on any atom is 0.149 e. The minimum absolute atomic E-state index is 0. The molecule has 0 aliphatic heterocycles. The van der Waals surface area contributed by atoms with Crippen molar-refractivity contribution in [2.75, 3.05) is 0 Å². The molecule has 0 atom stereocenters. The quantitative estimate of drug-likeness (QED) is 0.133. The second-order valence-corrected chi connectivity index (χ2v) is 21.9. The molecule has 7 heteroatoms. The van der Waals surface area contributed by atoms with Crippen molar-refractivity contribution < 1.29 is 30.6 Å². The number of benzene rings is 8. The van der Waals surface area contributed by atoms with Gasteiger partial charge in [0.2, 0.25) is 0 Å².